The Morgan fingerprint density at radius 2 is 2.10 bits per heavy atom. The highest BCUT2D eigenvalue weighted by Gasteiger charge is 2.24. The number of rotatable bonds is 6. The minimum absolute atomic E-state index is 0.372. The van der Waals surface area contributed by atoms with E-state index in [1.54, 1.807) is 0 Å². The van der Waals surface area contributed by atoms with Crippen molar-refractivity contribution in [3.8, 4) is 0 Å². The molecule has 2 aromatic heterocycles. The van der Waals surface area contributed by atoms with E-state index in [1.807, 2.05) is 12.4 Å². The molecule has 1 atom stereocenters. The molecular formula is C16H22N4. The summed E-state index contributed by atoms with van der Waals surface area (Å²) in [4.78, 5) is 8.83. The molecule has 0 saturated heterocycles. The summed E-state index contributed by atoms with van der Waals surface area (Å²) in [5, 5.41) is 3.38. The summed E-state index contributed by atoms with van der Waals surface area (Å²) in [5.41, 5.74) is 2.65. The van der Waals surface area contributed by atoms with Gasteiger partial charge in [0, 0.05) is 37.4 Å². The molecule has 0 aromatic carbocycles. The van der Waals surface area contributed by atoms with Gasteiger partial charge in [-0.3, -0.25) is 0 Å². The Hall–Kier alpha value is -1.84. The van der Waals surface area contributed by atoms with Gasteiger partial charge in [-0.25, -0.2) is 9.97 Å². The topological polar surface area (TPSA) is 42.7 Å². The zero-order valence-corrected chi connectivity index (χ0v) is 12.2. The van der Waals surface area contributed by atoms with Gasteiger partial charge >= 0.3 is 0 Å². The first kappa shape index (κ1) is 13.2. The number of aryl methyl sites for hydroxylation is 2. The van der Waals surface area contributed by atoms with Gasteiger partial charge in [0.1, 0.15) is 0 Å². The second-order valence-corrected chi connectivity index (χ2v) is 5.81. The molecule has 0 spiro atoms. The highest BCUT2D eigenvalue weighted by molar-refractivity contribution is 5.28. The van der Waals surface area contributed by atoms with E-state index in [-0.39, 0.29) is 0 Å². The molecule has 0 bridgehead atoms. The maximum absolute atomic E-state index is 4.42. The van der Waals surface area contributed by atoms with Gasteiger partial charge in [0.25, 0.3) is 0 Å². The molecule has 0 radical (unpaired) electrons. The van der Waals surface area contributed by atoms with Crippen LogP contribution in [0.2, 0.25) is 0 Å². The molecule has 1 fully saturated rings. The Labute approximate surface area is 120 Å². The fraction of sp³-hybridized carbons (Fsp3) is 0.500. The van der Waals surface area contributed by atoms with Crippen LogP contribution in [0.4, 0.5) is 5.95 Å². The van der Waals surface area contributed by atoms with E-state index in [0.717, 1.165) is 24.7 Å². The Bertz CT molecular complexity index is 554. The summed E-state index contributed by atoms with van der Waals surface area (Å²) < 4.78 is 2.17. The van der Waals surface area contributed by atoms with Crippen molar-refractivity contribution in [3.05, 3.63) is 42.0 Å². The third-order valence-corrected chi connectivity index (χ3v) is 3.98. The van der Waals surface area contributed by atoms with E-state index in [1.165, 1.54) is 24.1 Å². The average Bonchev–Trinajstić information content (AvgIpc) is 3.21. The maximum atomic E-state index is 4.42. The standard InChI is InChI=1S/C16H22N4/c1-12(5-8-15-4-3-9-20(15)2)19-16-17-10-14(11-18-16)13-6-7-13/h3-4,9-13H,5-8H2,1-2H3,(H,17,18,19). The summed E-state index contributed by atoms with van der Waals surface area (Å²) in [7, 11) is 2.09. The van der Waals surface area contributed by atoms with Crippen LogP contribution in [0.3, 0.4) is 0 Å². The first-order chi connectivity index (χ1) is 9.72. The van der Waals surface area contributed by atoms with Crippen LogP contribution in [0.25, 0.3) is 0 Å². The summed E-state index contributed by atoms with van der Waals surface area (Å²) >= 11 is 0. The van der Waals surface area contributed by atoms with Crippen LogP contribution >= 0.6 is 0 Å². The highest BCUT2D eigenvalue weighted by atomic mass is 15.1. The first-order valence-electron chi connectivity index (χ1n) is 7.41. The van der Waals surface area contributed by atoms with Gasteiger partial charge in [0.2, 0.25) is 5.95 Å². The Morgan fingerprint density at radius 1 is 1.35 bits per heavy atom. The largest absolute Gasteiger partial charge is 0.354 e. The number of hydrogen-bond donors (Lipinski definition) is 1. The number of nitrogens with zero attached hydrogens (tertiary/aromatic N) is 3. The van der Waals surface area contributed by atoms with Crippen molar-refractivity contribution in [2.75, 3.05) is 5.32 Å². The first-order valence-corrected chi connectivity index (χ1v) is 7.41. The summed E-state index contributed by atoms with van der Waals surface area (Å²) in [6.07, 6.45) is 10.8. The fourth-order valence-electron chi connectivity index (χ4n) is 2.45. The fourth-order valence-corrected chi connectivity index (χ4v) is 2.45. The van der Waals surface area contributed by atoms with E-state index < -0.39 is 0 Å². The minimum atomic E-state index is 0.372. The van der Waals surface area contributed by atoms with Gasteiger partial charge in [-0.1, -0.05) is 0 Å². The number of nitrogens with one attached hydrogen (secondary N) is 1. The van der Waals surface area contributed by atoms with Gasteiger partial charge in [-0.05, 0) is 56.2 Å². The SMILES string of the molecule is CC(CCc1cccn1C)Nc1ncc(C2CC2)cn1. The number of aromatic nitrogens is 3. The summed E-state index contributed by atoms with van der Waals surface area (Å²) in [5.74, 6) is 1.47. The maximum Gasteiger partial charge on any atom is 0.222 e. The lowest BCUT2D eigenvalue weighted by atomic mass is 10.1. The molecule has 4 nitrogen and oxygen atoms in total. The third kappa shape index (κ3) is 3.18. The van der Waals surface area contributed by atoms with Crippen LogP contribution in [-0.2, 0) is 13.5 Å². The van der Waals surface area contributed by atoms with Crippen LogP contribution in [-0.4, -0.2) is 20.6 Å². The Morgan fingerprint density at radius 3 is 2.70 bits per heavy atom. The Balaban J connectivity index is 1.50. The average molecular weight is 270 g/mol. The molecule has 1 unspecified atom stereocenters. The molecule has 1 saturated carbocycles. The molecular weight excluding hydrogens is 248 g/mol. The van der Waals surface area contributed by atoms with Gasteiger partial charge in [0.05, 0.1) is 0 Å². The Kier molecular flexibility index (Phi) is 3.72. The molecule has 20 heavy (non-hydrogen) atoms. The van der Waals surface area contributed by atoms with Crippen molar-refractivity contribution in [2.45, 2.75) is 44.6 Å². The second kappa shape index (κ2) is 5.65. The van der Waals surface area contributed by atoms with Crippen LogP contribution in [0.15, 0.2) is 30.7 Å². The quantitative estimate of drug-likeness (QED) is 0.877. The number of hydrogen-bond acceptors (Lipinski definition) is 3. The minimum Gasteiger partial charge on any atom is -0.354 e. The van der Waals surface area contributed by atoms with Crippen LogP contribution < -0.4 is 5.32 Å². The highest BCUT2D eigenvalue weighted by Crippen LogP contribution is 2.39. The molecule has 1 N–H and O–H groups in total. The van der Waals surface area contributed by atoms with E-state index in [4.69, 9.17) is 0 Å². The molecule has 106 valence electrons. The van der Waals surface area contributed by atoms with Crippen molar-refractivity contribution in [3.63, 3.8) is 0 Å². The van der Waals surface area contributed by atoms with E-state index >= 15 is 0 Å². The molecule has 0 amide bonds. The molecule has 1 aliphatic carbocycles. The van der Waals surface area contributed by atoms with Crippen molar-refractivity contribution in [1.29, 1.82) is 0 Å². The molecule has 3 rings (SSSR count). The molecule has 4 heteroatoms. The van der Waals surface area contributed by atoms with Crippen LogP contribution in [0.1, 0.15) is 43.4 Å². The molecule has 1 aliphatic rings. The third-order valence-electron chi connectivity index (χ3n) is 3.98. The van der Waals surface area contributed by atoms with Crippen molar-refractivity contribution in [1.82, 2.24) is 14.5 Å². The molecule has 2 heterocycles. The normalized spacial score (nSPS) is 16.1. The van der Waals surface area contributed by atoms with Gasteiger partial charge in [-0.15, -0.1) is 0 Å². The second-order valence-electron chi connectivity index (χ2n) is 5.81. The van der Waals surface area contributed by atoms with Gasteiger partial charge in [0.15, 0.2) is 0 Å². The van der Waals surface area contributed by atoms with E-state index in [2.05, 4.69) is 52.2 Å². The lowest BCUT2D eigenvalue weighted by Crippen LogP contribution is -2.18. The lowest BCUT2D eigenvalue weighted by Gasteiger charge is -2.14. The smallest absolute Gasteiger partial charge is 0.222 e. The van der Waals surface area contributed by atoms with Crippen LogP contribution in [0.5, 0.6) is 0 Å². The zero-order chi connectivity index (χ0) is 13.9. The predicted octanol–water partition coefficient (Wildman–Crippen LogP) is 3.13. The predicted molar refractivity (Wildman–Crippen MR) is 80.8 cm³/mol. The van der Waals surface area contributed by atoms with Crippen LogP contribution in [0, 0.1) is 0 Å². The lowest BCUT2D eigenvalue weighted by molar-refractivity contribution is 0.670. The number of anilines is 1. The monoisotopic (exact) mass is 270 g/mol. The van der Waals surface area contributed by atoms with Crippen molar-refractivity contribution in [2.24, 2.45) is 7.05 Å². The van der Waals surface area contributed by atoms with Gasteiger partial charge < -0.3 is 9.88 Å². The van der Waals surface area contributed by atoms with Crippen molar-refractivity contribution >= 4 is 5.95 Å². The van der Waals surface area contributed by atoms with E-state index in [9.17, 15) is 0 Å². The van der Waals surface area contributed by atoms with Gasteiger partial charge in [-0.2, -0.15) is 0 Å². The summed E-state index contributed by atoms with van der Waals surface area (Å²) in [6.45, 7) is 2.18. The van der Waals surface area contributed by atoms with E-state index in [0.29, 0.717) is 6.04 Å². The summed E-state index contributed by atoms with van der Waals surface area (Å²) in [6, 6.07) is 4.64. The molecule has 2 aromatic rings. The molecule has 0 aliphatic heterocycles. The van der Waals surface area contributed by atoms with Crippen molar-refractivity contribution < 1.29 is 0 Å². The zero-order valence-electron chi connectivity index (χ0n) is 12.2.